The lowest BCUT2D eigenvalue weighted by Gasteiger charge is -2.25. The van der Waals surface area contributed by atoms with Crippen molar-refractivity contribution in [2.45, 2.75) is 73.1 Å². The largest absolute Gasteiger partial charge is 0.302 e. The summed E-state index contributed by atoms with van der Waals surface area (Å²) in [6.07, 6.45) is 6.72. The quantitative estimate of drug-likeness (QED) is 0.0703. The summed E-state index contributed by atoms with van der Waals surface area (Å²) in [5.41, 5.74) is 6.82. The zero-order valence-electron chi connectivity index (χ0n) is 28.5. The first-order valence-electron chi connectivity index (χ1n) is 16.6. The second kappa shape index (κ2) is 19.2. The van der Waals surface area contributed by atoms with Gasteiger partial charge in [-0.05, 0) is 97.0 Å². The van der Waals surface area contributed by atoms with E-state index in [0.29, 0.717) is 10.9 Å². The van der Waals surface area contributed by atoms with Crippen LogP contribution in [-0.4, -0.2) is 17.2 Å². The Bertz CT molecular complexity index is 1590. The van der Waals surface area contributed by atoms with E-state index in [-0.39, 0.29) is 0 Å². The molecular formula is C39H47ClN4S3. The molecule has 0 spiro atoms. The van der Waals surface area contributed by atoms with Gasteiger partial charge in [0.1, 0.15) is 19.4 Å². The van der Waals surface area contributed by atoms with Gasteiger partial charge in [0.2, 0.25) is 0 Å². The molecule has 8 heteroatoms. The number of nitrogens with zero attached hydrogens (tertiary/aromatic N) is 4. The Hall–Kier alpha value is -2.84. The van der Waals surface area contributed by atoms with Crippen molar-refractivity contribution in [1.29, 1.82) is 0 Å². The molecule has 248 valence electrons. The SMILES string of the molecule is CCCCC(CC)CSC(=NC)S/C(N=Nc1sc(N(c2ccccc2)c2ccccc2)c(CC)c1-c1ccc(Cl)cc1)=C(\C)CC. The summed E-state index contributed by atoms with van der Waals surface area (Å²) in [6.45, 7) is 11.1. The number of anilines is 3. The Morgan fingerprint density at radius 1 is 0.894 bits per heavy atom. The van der Waals surface area contributed by atoms with Crippen LogP contribution in [0.25, 0.3) is 11.1 Å². The van der Waals surface area contributed by atoms with Crippen molar-refractivity contribution in [2.24, 2.45) is 21.1 Å². The maximum Gasteiger partial charge on any atom is 0.148 e. The molecule has 1 atom stereocenters. The Morgan fingerprint density at radius 2 is 1.53 bits per heavy atom. The molecule has 0 aliphatic heterocycles. The van der Waals surface area contributed by atoms with E-state index >= 15 is 0 Å². The van der Waals surface area contributed by atoms with Crippen LogP contribution < -0.4 is 4.90 Å². The van der Waals surface area contributed by atoms with Gasteiger partial charge in [-0.3, -0.25) is 4.99 Å². The second-order valence-electron chi connectivity index (χ2n) is 11.4. The van der Waals surface area contributed by atoms with Crippen molar-refractivity contribution in [2.75, 3.05) is 17.7 Å². The van der Waals surface area contributed by atoms with Crippen molar-refractivity contribution in [3.63, 3.8) is 0 Å². The summed E-state index contributed by atoms with van der Waals surface area (Å²) in [5, 5.41) is 13.7. The standard InChI is InChI=1S/C39H47ClN4S3/c1-7-11-18-29(9-3)27-45-39(41-6)47-36(28(5)8-2)42-43-37-35(30-23-25-31(40)26-24-30)34(10-4)38(46-37)44(32-19-14-12-15-20-32)33-21-16-13-17-22-33/h12-17,19-26,29H,7-11,18,27H2,1-6H3/b36-28+,41-39?,43-42?. The topological polar surface area (TPSA) is 40.3 Å². The zero-order chi connectivity index (χ0) is 33.6. The highest BCUT2D eigenvalue weighted by Gasteiger charge is 2.25. The number of unbranched alkanes of at least 4 members (excludes halogenated alkanes) is 1. The van der Waals surface area contributed by atoms with Crippen LogP contribution in [0.3, 0.4) is 0 Å². The highest BCUT2D eigenvalue weighted by Crippen LogP contribution is 2.52. The average Bonchev–Trinajstić information content (AvgIpc) is 3.47. The Kier molecular flexibility index (Phi) is 15.1. The predicted molar refractivity (Wildman–Crippen MR) is 213 cm³/mol. The molecule has 0 bridgehead atoms. The zero-order valence-corrected chi connectivity index (χ0v) is 31.7. The van der Waals surface area contributed by atoms with Crippen molar-refractivity contribution in [3.8, 4) is 11.1 Å². The van der Waals surface area contributed by atoms with Crippen molar-refractivity contribution >= 4 is 72.2 Å². The minimum Gasteiger partial charge on any atom is -0.302 e. The van der Waals surface area contributed by atoms with Crippen LogP contribution in [0.2, 0.25) is 5.02 Å². The van der Waals surface area contributed by atoms with Gasteiger partial charge >= 0.3 is 0 Å². The summed E-state index contributed by atoms with van der Waals surface area (Å²) in [5.74, 6) is 1.78. The number of para-hydroxylation sites is 2. The van der Waals surface area contributed by atoms with Crippen LogP contribution in [0.15, 0.2) is 111 Å². The van der Waals surface area contributed by atoms with Gasteiger partial charge in [0, 0.05) is 34.8 Å². The van der Waals surface area contributed by atoms with E-state index in [2.05, 4.69) is 117 Å². The lowest BCUT2D eigenvalue weighted by Crippen LogP contribution is -2.10. The van der Waals surface area contributed by atoms with Crippen LogP contribution in [0, 0.1) is 5.92 Å². The van der Waals surface area contributed by atoms with Crippen LogP contribution in [0.1, 0.15) is 72.3 Å². The molecule has 0 N–H and O–H groups in total. The number of aliphatic imine (C=N–C) groups is 1. The number of hydrogen-bond acceptors (Lipinski definition) is 7. The van der Waals surface area contributed by atoms with Crippen molar-refractivity contribution in [1.82, 2.24) is 0 Å². The summed E-state index contributed by atoms with van der Waals surface area (Å²) in [4.78, 5) is 7.01. The van der Waals surface area contributed by atoms with Crippen LogP contribution in [0.4, 0.5) is 21.4 Å². The number of halogens is 1. The molecule has 0 amide bonds. The molecule has 4 rings (SSSR count). The lowest BCUT2D eigenvalue weighted by atomic mass is 10.0. The first-order chi connectivity index (χ1) is 22.9. The summed E-state index contributed by atoms with van der Waals surface area (Å²) in [6, 6.07) is 29.2. The molecule has 4 nitrogen and oxygen atoms in total. The minimum absolute atomic E-state index is 0.703. The van der Waals surface area contributed by atoms with Crippen molar-refractivity contribution < 1.29 is 0 Å². The van der Waals surface area contributed by atoms with E-state index in [1.165, 1.54) is 36.8 Å². The van der Waals surface area contributed by atoms with Crippen LogP contribution in [0.5, 0.6) is 0 Å². The van der Waals surface area contributed by atoms with E-state index in [4.69, 9.17) is 21.8 Å². The third-order valence-electron chi connectivity index (χ3n) is 8.16. The molecule has 0 aliphatic rings. The molecule has 0 aliphatic carbocycles. The molecule has 1 heterocycles. The van der Waals surface area contributed by atoms with Crippen molar-refractivity contribution in [3.05, 3.63) is 106 Å². The maximum atomic E-state index is 6.35. The van der Waals surface area contributed by atoms with E-state index in [1.54, 1.807) is 23.1 Å². The number of rotatable bonds is 15. The van der Waals surface area contributed by atoms with Gasteiger partial charge in [-0.15, -0.1) is 10.2 Å². The number of azo groups is 1. The van der Waals surface area contributed by atoms with Gasteiger partial charge in [0.25, 0.3) is 0 Å². The monoisotopic (exact) mass is 702 g/mol. The molecule has 1 aromatic heterocycles. The third-order valence-corrected chi connectivity index (χ3v) is 12.2. The predicted octanol–water partition coefficient (Wildman–Crippen LogP) is 14.5. The minimum atomic E-state index is 0.703. The lowest BCUT2D eigenvalue weighted by molar-refractivity contribution is 0.500. The Labute approximate surface area is 299 Å². The van der Waals surface area contributed by atoms with Crippen LogP contribution >= 0.6 is 46.5 Å². The Morgan fingerprint density at radius 3 is 2.06 bits per heavy atom. The molecule has 0 saturated carbocycles. The fourth-order valence-corrected chi connectivity index (χ4v) is 8.86. The fourth-order valence-electron chi connectivity index (χ4n) is 5.22. The fraction of sp³-hybridized carbons (Fsp3) is 0.359. The molecule has 0 fully saturated rings. The highest BCUT2D eigenvalue weighted by atomic mass is 35.5. The van der Waals surface area contributed by atoms with Crippen LogP contribution in [-0.2, 0) is 6.42 Å². The summed E-state index contributed by atoms with van der Waals surface area (Å²) < 4.78 is 1.04. The average molecular weight is 703 g/mol. The van der Waals surface area contributed by atoms with E-state index in [0.717, 1.165) is 60.5 Å². The van der Waals surface area contributed by atoms with E-state index in [1.807, 2.05) is 30.9 Å². The van der Waals surface area contributed by atoms with Gasteiger partial charge in [0.15, 0.2) is 0 Å². The van der Waals surface area contributed by atoms with Gasteiger partial charge in [-0.25, -0.2) is 0 Å². The number of benzene rings is 3. The molecular weight excluding hydrogens is 656 g/mol. The highest BCUT2D eigenvalue weighted by molar-refractivity contribution is 8.40. The second-order valence-corrected chi connectivity index (χ2v) is 15.0. The Balaban J connectivity index is 1.79. The third kappa shape index (κ3) is 10.1. The van der Waals surface area contributed by atoms with E-state index < -0.39 is 0 Å². The summed E-state index contributed by atoms with van der Waals surface area (Å²) >= 11 is 11.5. The van der Waals surface area contributed by atoms with Gasteiger partial charge < -0.3 is 4.90 Å². The normalized spacial score (nSPS) is 13.2. The van der Waals surface area contributed by atoms with Gasteiger partial charge in [-0.2, -0.15) is 0 Å². The molecule has 3 aromatic carbocycles. The van der Waals surface area contributed by atoms with Gasteiger partial charge in [0.05, 0.1) is 0 Å². The number of thiophene rings is 1. The number of thioether (sulfide) groups is 2. The smallest absolute Gasteiger partial charge is 0.148 e. The van der Waals surface area contributed by atoms with E-state index in [9.17, 15) is 0 Å². The molecule has 0 radical (unpaired) electrons. The maximum absolute atomic E-state index is 6.35. The molecule has 4 aromatic rings. The number of allylic oxidation sites excluding steroid dienone is 1. The molecule has 0 saturated heterocycles. The number of hydrogen-bond donors (Lipinski definition) is 0. The summed E-state index contributed by atoms with van der Waals surface area (Å²) in [7, 11) is 1.89. The molecule has 47 heavy (non-hydrogen) atoms. The first kappa shape index (κ1) is 37.0. The molecule has 1 unspecified atom stereocenters. The first-order valence-corrected chi connectivity index (χ1v) is 19.6. The van der Waals surface area contributed by atoms with Gasteiger partial charge in [-0.1, -0.05) is 130 Å².